The number of carbonyl (C=O) groups is 2. The number of amides is 3. The molecule has 0 radical (unpaired) electrons. The summed E-state index contributed by atoms with van der Waals surface area (Å²) >= 11 is 9.29. The van der Waals surface area contributed by atoms with E-state index in [1.54, 1.807) is 4.90 Å². The zero-order valence-corrected chi connectivity index (χ0v) is 25.5. The monoisotopic (exact) mass is 632 g/mol. The quantitative estimate of drug-likeness (QED) is 0.222. The average molecular weight is 634 g/mol. The molecular weight excluding hydrogens is 594 g/mol. The molecule has 0 aliphatic carbocycles. The van der Waals surface area contributed by atoms with Gasteiger partial charge >= 0.3 is 12.6 Å². The van der Waals surface area contributed by atoms with Crippen LogP contribution in [0.5, 0.6) is 5.75 Å². The summed E-state index contributed by atoms with van der Waals surface area (Å²) in [6, 6.07) is 3.23. The van der Waals surface area contributed by atoms with Crippen LogP contribution in [0.15, 0.2) is 47.0 Å². The third kappa shape index (κ3) is 11.3. The average Bonchev–Trinajstić information content (AvgIpc) is 3.32. The fourth-order valence-electron chi connectivity index (χ4n) is 3.97. The number of hydrogen-bond acceptors (Lipinski definition) is 4. The first kappa shape index (κ1) is 34.6. The maximum Gasteiger partial charge on any atom is 0.387 e. The van der Waals surface area contributed by atoms with Crippen molar-refractivity contribution in [1.82, 2.24) is 9.91 Å². The van der Waals surface area contributed by atoms with Crippen molar-refractivity contribution in [3.63, 3.8) is 0 Å². The lowest BCUT2D eigenvalue weighted by Gasteiger charge is -2.29. The maximum atomic E-state index is 12.7. The minimum atomic E-state index is -2.99. The minimum Gasteiger partial charge on any atom is -0.433 e. The van der Waals surface area contributed by atoms with Crippen LogP contribution in [0.2, 0.25) is 5.02 Å². The van der Waals surface area contributed by atoms with Gasteiger partial charge in [-0.2, -0.15) is 13.9 Å². The molecule has 1 aliphatic rings. The number of nitrogens with one attached hydrogen (secondary N) is 1. The molecule has 39 heavy (non-hydrogen) atoms. The number of rotatable bonds is 13. The Kier molecular flexibility index (Phi) is 16.0. The van der Waals surface area contributed by atoms with Crippen molar-refractivity contribution in [3.8, 4) is 5.75 Å². The molecule has 1 aromatic carbocycles. The molecule has 1 N–H and O–H groups in total. The highest BCUT2D eigenvalue weighted by Crippen LogP contribution is 2.29. The summed E-state index contributed by atoms with van der Waals surface area (Å²) < 4.78 is 30.1. The number of carbonyl (C=O) groups excluding carboxylic acids is 2. The normalized spacial score (nSPS) is 15.2. The fourth-order valence-corrected chi connectivity index (χ4v) is 4.71. The van der Waals surface area contributed by atoms with Crippen LogP contribution in [0.1, 0.15) is 66.2 Å². The van der Waals surface area contributed by atoms with Gasteiger partial charge in [-0.05, 0) is 60.7 Å². The summed E-state index contributed by atoms with van der Waals surface area (Å²) in [5.41, 5.74) is 1.08. The Labute approximate surface area is 244 Å². The van der Waals surface area contributed by atoms with E-state index in [1.807, 2.05) is 26.8 Å². The number of hydrazone groups is 1. The van der Waals surface area contributed by atoms with Gasteiger partial charge in [0.15, 0.2) is 0 Å². The molecule has 1 aromatic rings. The number of ether oxygens (including phenoxy) is 1. The van der Waals surface area contributed by atoms with Crippen molar-refractivity contribution in [2.75, 3.05) is 18.4 Å². The fraction of sp³-hybridized carbons (Fsp3) is 0.536. The summed E-state index contributed by atoms with van der Waals surface area (Å²) in [7, 11) is 0. The van der Waals surface area contributed by atoms with E-state index in [0.717, 1.165) is 35.9 Å². The molecule has 0 bridgehead atoms. The van der Waals surface area contributed by atoms with Crippen molar-refractivity contribution >= 4 is 50.9 Å². The van der Waals surface area contributed by atoms with E-state index < -0.39 is 12.6 Å². The summed E-state index contributed by atoms with van der Waals surface area (Å²) in [5, 5.41) is 8.27. The van der Waals surface area contributed by atoms with Crippen LogP contribution in [0.4, 0.5) is 19.3 Å². The van der Waals surface area contributed by atoms with E-state index in [-0.39, 0.29) is 29.3 Å². The highest BCUT2D eigenvalue weighted by molar-refractivity contribution is 9.11. The highest BCUT2D eigenvalue weighted by atomic mass is 79.9. The molecule has 0 aromatic heterocycles. The van der Waals surface area contributed by atoms with Crippen molar-refractivity contribution in [2.24, 2.45) is 11.0 Å². The van der Waals surface area contributed by atoms with E-state index in [9.17, 15) is 18.4 Å². The van der Waals surface area contributed by atoms with Crippen LogP contribution in [-0.4, -0.2) is 53.3 Å². The summed E-state index contributed by atoms with van der Waals surface area (Å²) in [6.45, 7) is 13.4. The Balaban J connectivity index is 0.000000724. The topological polar surface area (TPSA) is 74.2 Å². The zero-order valence-electron chi connectivity index (χ0n) is 23.2. The lowest BCUT2D eigenvalue weighted by molar-refractivity contribution is -0.132. The van der Waals surface area contributed by atoms with Gasteiger partial charge in [0.2, 0.25) is 5.91 Å². The number of anilines is 1. The number of benzene rings is 1. The van der Waals surface area contributed by atoms with Crippen LogP contribution in [-0.2, 0) is 4.79 Å². The number of hydrogen-bond donors (Lipinski definition) is 1. The molecule has 2 unspecified atom stereocenters. The Hall–Kier alpha value is -2.46. The van der Waals surface area contributed by atoms with Crippen LogP contribution >= 0.6 is 27.5 Å². The first-order valence-corrected chi connectivity index (χ1v) is 14.3. The second-order valence-corrected chi connectivity index (χ2v) is 10.3. The number of urea groups is 1. The van der Waals surface area contributed by atoms with Crippen molar-refractivity contribution in [1.29, 1.82) is 0 Å². The number of nitrogens with zero attached hydrogens (tertiary/aromatic N) is 3. The summed E-state index contributed by atoms with van der Waals surface area (Å²) in [5.74, 6) is 0.443. The SMILES string of the molecule is C=CCC(CC)C(=C)Br.CCCC(=O)N(CCC)C1CN(C(=O)Nc2ccc(OC(F)F)c(Cl)c2)N=C1CC. The van der Waals surface area contributed by atoms with Crippen LogP contribution in [0, 0.1) is 5.92 Å². The van der Waals surface area contributed by atoms with Crippen molar-refractivity contribution in [3.05, 3.63) is 46.9 Å². The number of allylic oxidation sites excluding steroid dienone is 2. The molecular formula is C28H40BrClF2N4O3. The molecule has 7 nitrogen and oxygen atoms in total. The molecule has 2 atom stereocenters. The molecule has 0 fully saturated rings. The van der Waals surface area contributed by atoms with Crippen LogP contribution in [0.3, 0.4) is 0 Å². The highest BCUT2D eigenvalue weighted by Gasteiger charge is 2.35. The largest absolute Gasteiger partial charge is 0.433 e. The van der Waals surface area contributed by atoms with Gasteiger partial charge in [-0.25, -0.2) is 9.80 Å². The van der Waals surface area contributed by atoms with E-state index in [2.05, 4.69) is 51.2 Å². The first-order valence-electron chi connectivity index (χ1n) is 13.2. The van der Waals surface area contributed by atoms with E-state index in [4.69, 9.17) is 11.6 Å². The molecule has 1 heterocycles. The summed E-state index contributed by atoms with van der Waals surface area (Å²) in [6.07, 6.45) is 6.71. The van der Waals surface area contributed by atoms with Crippen molar-refractivity contribution < 1.29 is 23.1 Å². The maximum absolute atomic E-state index is 12.7. The second kappa shape index (κ2) is 18.0. The second-order valence-electron chi connectivity index (χ2n) is 8.91. The molecule has 3 amide bonds. The molecule has 218 valence electrons. The molecule has 2 rings (SSSR count). The zero-order chi connectivity index (χ0) is 29.5. The molecule has 0 spiro atoms. The van der Waals surface area contributed by atoms with Gasteiger partial charge in [0, 0.05) is 18.7 Å². The Morgan fingerprint density at radius 3 is 2.46 bits per heavy atom. The third-order valence-electron chi connectivity index (χ3n) is 5.99. The molecule has 0 saturated carbocycles. The predicted octanol–water partition coefficient (Wildman–Crippen LogP) is 8.46. The van der Waals surface area contributed by atoms with Crippen LogP contribution in [0.25, 0.3) is 0 Å². The lowest BCUT2D eigenvalue weighted by atomic mass is 10.0. The van der Waals surface area contributed by atoms with Gasteiger partial charge in [-0.1, -0.05) is 67.9 Å². The minimum absolute atomic E-state index is 0.0501. The number of halogens is 4. The lowest BCUT2D eigenvalue weighted by Crippen LogP contribution is -2.47. The third-order valence-corrected chi connectivity index (χ3v) is 6.93. The van der Waals surface area contributed by atoms with E-state index in [0.29, 0.717) is 31.0 Å². The van der Waals surface area contributed by atoms with Gasteiger partial charge < -0.3 is 15.0 Å². The molecule has 11 heteroatoms. The van der Waals surface area contributed by atoms with Gasteiger partial charge in [0.25, 0.3) is 0 Å². The first-order chi connectivity index (χ1) is 18.5. The van der Waals surface area contributed by atoms with Gasteiger partial charge in [0.1, 0.15) is 5.75 Å². The molecule has 0 saturated heterocycles. The molecule has 1 aliphatic heterocycles. The van der Waals surface area contributed by atoms with E-state index >= 15 is 0 Å². The van der Waals surface area contributed by atoms with Crippen molar-refractivity contribution in [2.45, 2.75) is 78.9 Å². The Bertz CT molecular complexity index is 1010. The summed E-state index contributed by atoms with van der Waals surface area (Å²) in [4.78, 5) is 27.0. The van der Waals surface area contributed by atoms with Crippen LogP contribution < -0.4 is 10.1 Å². The van der Waals surface area contributed by atoms with Gasteiger partial charge in [0.05, 0.1) is 23.3 Å². The van der Waals surface area contributed by atoms with Gasteiger partial charge in [-0.15, -0.1) is 6.58 Å². The number of alkyl halides is 2. The van der Waals surface area contributed by atoms with Gasteiger partial charge in [-0.3, -0.25) is 4.79 Å². The predicted molar refractivity (Wildman–Crippen MR) is 159 cm³/mol. The van der Waals surface area contributed by atoms with E-state index in [1.165, 1.54) is 23.2 Å². The Morgan fingerprint density at radius 2 is 2.00 bits per heavy atom. The smallest absolute Gasteiger partial charge is 0.387 e. The Morgan fingerprint density at radius 1 is 1.31 bits per heavy atom. The standard InChI is InChI=1S/C20H27ClF2N4O3.C8H13Br/c1-4-7-18(28)26(10-5-2)16-12-27(25-15(16)6-3)20(29)24-13-8-9-17(14(21)11-13)30-19(22)23;1-4-6-8(5-2)7(3)9/h8-9,11,16,19H,4-7,10,12H2,1-3H3,(H,24,29);4,8H,1,3,5-6H2,2H3.